The van der Waals surface area contributed by atoms with E-state index in [1.54, 1.807) is 24.3 Å². The van der Waals surface area contributed by atoms with Crippen LogP contribution in [0.1, 0.15) is 0 Å². The number of carbonyl (C=O) groups is 1. The molecule has 0 radical (unpaired) electrons. The molecule has 0 fully saturated rings. The maximum Gasteiger partial charge on any atom is 0.409 e. The summed E-state index contributed by atoms with van der Waals surface area (Å²) in [6, 6.07) is 12.2. The number of anilines is 2. The topological polar surface area (TPSA) is 162 Å². The Hall–Kier alpha value is -3.69. The van der Waals surface area contributed by atoms with Crippen LogP contribution < -0.4 is 11.1 Å². The molecule has 0 bridgehead atoms. The minimum Gasteiger partial charge on any atom is -0.465 e. The Balaban J connectivity index is 0.000000238. The molecule has 2 aromatic carbocycles. The number of carboxylic acid groups (broad SMARTS) is 1. The molecule has 4 N–H and O–H groups in total. The highest BCUT2D eigenvalue weighted by Crippen LogP contribution is 2.30. The van der Waals surface area contributed by atoms with Gasteiger partial charge >= 0.3 is 6.09 Å². The normalized spacial score (nSPS) is 9.22. The van der Waals surface area contributed by atoms with Gasteiger partial charge in [0.05, 0.1) is 9.85 Å². The molecule has 120 valence electrons. The van der Waals surface area contributed by atoms with E-state index in [0.29, 0.717) is 5.69 Å². The Bertz CT molecular complexity index is 687. The number of amides is 1. The van der Waals surface area contributed by atoms with Crippen molar-refractivity contribution < 1.29 is 19.7 Å². The molecule has 2 rings (SSSR count). The van der Waals surface area contributed by atoms with Gasteiger partial charge in [-0.25, -0.2) is 4.79 Å². The van der Waals surface area contributed by atoms with E-state index >= 15 is 0 Å². The lowest BCUT2D eigenvalue weighted by molar-refractivity contribution is -0.392. The summed E-state index contributed by atoms with van der Waals surface area (Å²) in [5.41, 5.74) is 4.48. The number of para-hydroxylation sites is 2. The van der Waals surface area contributed by atoms with Crippen molar-refractivity contribution in [2.75, 3.05) is 11.1 Å². The highest BCUT2D eigenvalue weighted by Gasteiger charge is 2.20. The standard InChI is InChI=1S/C7H7NO2.C6H5N3O4/c9-7(10)8-6-4-2-1-3-5-6;7-6-4(8(10)11)2-1-3-5(6)9(12)13/h1-5,8H,(H,9,10);1-3H,7H2. The number of benzene rings is 2. The van der Waals surface area contributed by atoms with Gasteiger partial charge in [-0.15, -0.1) is 0 Å². The number of hydrogen-bond donors (Lipinski definition) is 3. The van der Waals surface area contributed by atoms with Crippen LogP contribution in [0.4, 0.5) is 27.5 Å². The fraction of sp³-hybridized carbons (Fsp3) is 0. The lowest BCUT2D eigenvalue weighted by atomic mass is 10.2. The average Bonchev–Trinajstić information content (AvgIpc) is 2.48. The van der Waals surface area contributed by atoms with Crippen molar-refractivity contribution in [3.63, 3.8) is 0 Å². The van der Waals surface area contributed by atoms with Crippen LogP contribution in [-0.2, 0) is 0 Å². The van der Waals surface area contributed by atoms with Crippen molar-refractivity contribution in [1.29, 1.82) is 0 Å². The molecule has 1 amide bonds. The van der Waals surface area contributed by atoms with Gasteiger partial charge in [0.1, 0.15) is 0 Å². The van der Waals surface area contributed by atoms with Gasteiger partial charge in [0, 0.05) is 17.8 Å². The summed E-state index contributed by atoms with van der Waals surface area (Å²) < 4.78 is 0. The summed E-state index contributed by atoms with van der Waals surface area (Å²) in [4.78, 5) is 29.1. The minimum atomic E-state index is -1.04. The van der Waals surface area contributed by atoms with Gasteiger partial charge in [-0.05, 0) is 18.2 Å². The molecule has 0 saturated carbocycles. The summed E-state index contributed by atoms with van der Waals surface area (Å²) >= 11 is 0. The van der Waals surface area contributed by atoms with E-state index in [0.717, 1.165) is 12.1 Å². The predicted molar refractivity (Wildman–Crippen MR) is 82.3 cm³/mol. The zero-order chi connectivity index (χ0) is 17.4. The summed E-state index contributed by atoms with van der Waals surface area (Å²) in [5.74, 6) is 0. The molecule has 0 aliphatic rings. The highest BCUT2D eigenvalue weighted by atomic mass is 16.6. The van der Waals surface area contributed by atoms with Crippen molar-refractivity contribution in [3.8, 4) is 0 Å². The quantitative estimate of drug-likeness (QED) is 0.444. The van der Waals surface area contributed by atoms with Crippen LogP contribution >= 0.6 is 0 Å². The predicted octanol–water partition coefficient (Wildman–Crippen LogP) is 2.86. The van der Waals surface area contributed by atoms with E-state index < -0.39 is 33.0 Å². The Labute approximate surface area is 129 Å². The second-order valence-corrected chi connectivity index (χ2v) is 4.02. The van der Waals surface area contributed by atoms with E-state index in [4.69, 9.17) is 10.8 Å². The van der Waals surface area contributed by atoms with E-state index in [1.807, 2.05) is 6.07 Å². The second kappa shape index (κ2) is 7.93. The number of rotatable bonds is 3. The molecule has 0 aliphatic carbocycles. The van der Waals surface area contributed by atoms with Crippen LogP contribution in [0, 0.1) is 20.2 Å². The van der Waals surface area contributed by atoms with Gasteiger partial charge in [-0.3, -0.25) is 25.5 Å². The third-order valence-corrected chi connectivity index (χ3v) is 2.48. The molecule has 23 heavy (non-hydrogen) atoms. The molecule has 0 spiro atoms. The number of nitrogens with zero attached hydrogens (tertiary/aromatic N) is 2. The van der Waals surface area contributed by atoms with Crippen LogP contribution in [-0.4, -0.2) is 21.0 Å². The van der Waals surface area contributed by atoms with Gasteiger partial charge in [0.2, 0.25) is 0 Å². The van der Waals surface area contributed by atoms with E-state index in [1.165, 1.54) is 6.07 Å². The number of nitrogens with one attached hydrogen (secondary N) is 1. The molecule has 0 atom stereocenters. The number of nitrogens with two attached hydrogens (primary N) is 1. The smallest absolute Gasteiger partial charge is 0.409 e. The fourth-order valence-corrected chi connectivity index (χ4v) is 1.50. The second-order valence-electron chi connectivity index (χ2n) is 4.02. The third-order valence-electron chi connectivity index (χ3n) is 2.48. The van der Waals surface area contributed by atoms with E-state index in [2.05, 4.69) is 5.32 Å². The number of nitro benzene ring substituents is 2. The Kier molecular flexibility index (Phi) is 5.98. The molecule has 0 unspecified atom stereocenters. The first-order valence-electron chi connectivity index (χ1n) is 6.05. The molecule has 0 aromatic heterocycles. The van der Waals surface area contributed by atoms with E-state index in [-0.39, 0.29) is 0 Å². The van der Waals surface area contributed by atoms with Crippen molar-refractivity contribution in [3.05, 3.63) is 68.8 Å². The first-order valence-corrected chi connectivity index (χ1v) is 6.05. The molecular formula is C13H12N4O6. The van der Waals surface area contributed by atoms with Crippen LogP contribution in [0.2, 0.25) is 0 Å². The summed E-state index contributed by atoms with van der Waals surface area (Å²) in [5, 5.41) is 31.1. The molecule has 10 heteroatoms. The first-order chi connectivity index (χ1) is 10.8. The zero-order valence-corrected chi connectivity index (χ0v) is 11.6. The third kappa shape index (κ3) is 5.30. The zero-order valence-electron chi connectivity index (χ0n) is 11.6. The largest absolute Gasteiger partial charge is 0.465 e. The van der Waals surface area contributed by atoms with Gasteiger partial charge in [-0.1, -0.05) is 18.2 Å². The fourth-order valence-electron chi connectivity index (χ4n) is 1.50. The molecular weight excluding hydrogens is 308 g/mol. The van der Waals surface area contributed by atoms with Gasteiger partial charge in [0.25, 0.3) is 11.4 Å². The monoisotopic (exact) mass is 320 g/mol. The SMILES string of the molecule is Nc1c([N+](=O)[O-])cccc1[N+](=O)[O-].O=C(O)Nc1ccccc1. The molecule has 2 aromatic rings. The lowest BCUT2D eigenvalue weighted by Crippen LogP contribution is -2.06. The maximum absolute atomic E-state index is 10.3. The van der Waals surface area contributed by atoms with Crippen molar-refractivity contribution in [1.82, 2.24) is 0 Å². The molecule has 0 heterocycles. The molecule has 0 saturated heterocycles. The summed E-state index contributed by atoms with van der Waals surface area (Å²) in [7, 11) is 0. The number of nitrogen functional groups attached to an aromatic ring is 1. The van der Waals surface area contributed by atoms with Crippen LogP contribution in [0.3, 0.4) is 0 Å². The number of nitro groups is 2. The Morgan fingerprint density at radius 3 is 1.83 bits per heavy atom. The average molecular weight is 320 g/mol. The molecule has 0 aliphatic heterocycles. The summed E-state index contributed by atoms with van der Waals surface area (Å²) in [6.45, 7) is 0. The summed E-state index contributed by atoms with van der Waals surface area (Å²) in [6.07, 6.45) is -1.04. The van der Waals surface area contributed by atoms with Crippen LogP contribution in [0.5, 0.6) is 0 Å². The number of hydrogen-bond acceptors (Lipinski definition) is 6. The maximum atomic E-state index is 10.3. The van der Waals surface area contributed by atoms with Crippen molar-refractivity contribution in [2.24, 2.45) is 0 Å². The van der Waals surface area contributed by atoms with E-state index in [9.17, 15) is 25.0 Å². The van der Waals surface area contributed by atoms with Crippen molar-refractivity contribution >= 4 is 28.8 Å². The lowest BCUT2D eigenvalue weighted by Gasteiger charge is -1.96. The van der Waals surface area contributed by atoms with Crippen LogP contribution in [0.25, 0.3) is 0 Å². The van der Waals surface area contributed by atoms with Gasteiger partial charge < -0.3 is 10.8 Å². The van der Waals surface area contributed by atoms with Gasteiger partial charge in [0.15, 0.2) is 5.69 Å². The van der Waals surface area contributed by atoms with Crippen molar-refractivity contribution in [2.45, 2.75) is 0 Å². The first kappa shape index (κ1) is 17.4. The van der Waals surface area contributed by atoms with Crippen LogP contribution in [0.15, 0.2) is 48.5 Å². The Morgan fingerprint density at radius 1 is 0.957 bits per heavy atom. The Morgan fingerprint density at radius 2 is 1.43 bits per heavy atom. The minimum absolute atomic E-state index is 0.419. The highest BCUT2D eigenvalue weighted by molar-refractivity contribution is 5.82. The van der Waals surface area contributed by atoms with Gasteiger partial charge in [-0.2, -0.15) is 0 Å². The molecule has 10 nitrogen and oxygen atoms in total.